The Hall–Kier alpha value is -0.900. The lowest BCUT2D eigenvalue weighted by Crippen LogP contribution is -2.19. The van der Waals surface area contributed by atoms with Crippen LogP contribution in [0.1, 0.15) is 26.3 Å². The number of anilines is 1. The first-order chi connectivity index (χ1) is 7.41. The van der Waals surface area contributed by atoms with Gasteiger partial charge in [0.1, 0.15) is 5.82 Å². The molecule has 0 amide bonds. The van der Waals surface area contributed by atoms with E-state index in [0.717, 1.165) is 5.56 Å². The van der Waals surface area contributed by atoms with E-state index in [1.807, 2.05) is 20.8 Å². The van der Waals surface area contributed by atoms with E-state index in [1.165, 1.54) is 12.1 Å². The molecule has 0 bridgehead atoms. The number of halogens is 1. The number of hydrogen-bond acceptors (Lipinski definition) is 2. The van der Waals surface area contributed by atoms with Crippen LogP contribution in [0.2, 0.25) is 0 Å². The molecule has 0 aliphatic carbocycles. The van der Waals surface area contributed by atoms with Crippen LogP contribution in [-0.2, 0) is 16.6 Å². The molecule has 2 atom stereocenters. The first kappa shape index (κ1) is 13.2. The van der Waals surface area contributed by atoms with Gasteiger partial charge in [0, 0.05) is 21.7 Å². The van der Waals surface area contributed by atoms with Gasteiger partial charge >= 0.3 is 0 Å². The maximum absolute atomic E-state index is 12.8. The number of rotatable bonds is 4. The fraction of sp³-hybridized carbons (Fsp3) is 0.500. The average Bonchev–Trinajstić information content (AvgIpc) is 2.20. The highest BCUT2D eigenvalue weighted by atomic mass is 32.2. The standard InChI is InChI=1S/C12H18FNOS/c1-8(2)9(3)16(15)7-10-4-5-11(13)6-12(10)14/h4-6,8-9H,7,14H2,1-3H3. The highest BCUT2D eigenvalue weighted by molar-refractivity contribution is 7.84. The SMILES string of the molecule is CC(C)C(C)S(=O)Cc1ccc(F)cc1N. The Labute approximate surface area is 98.5 Å². The number of benzene rings is 1. The Bertz CT molecular complexity index is 393. The quantitative estimate of drug-likeness (QED) is 0.826. The second kappa shape index (κ2) is 5.43. The van der Waals surface area contributed by atoms with Gasteiger partial charge in [-0.3, -0.25) is 4.21 Å². The Balaban J connectivity index is 2.77. The summed E-state index contributed by atoms with van der Waals surface area (Å²) in [4.78, 5) is 0. The number of nitrogens with two attached hydrogens (primary N) is 1. The van der Waals surface area contributed by atoms with Crippen LogP contribution in [0.4, 0.5) is 10.1 Å². The molecule has 90 valence electrons. The molecule has 0 saturated carbocycles. The van der Waals surface area contributed by atoms with Gasteiger partial charge in [0.05, 0.1) is 5.75 Å². The average molecular weight is 243 g/mol. The normalized spacial score (nSPS) is 15.1. The lowest BCUT2D eigenvalue weighted by molar-refractivity contribution is 0.604. The molecule has 1 aromatic carbocycles. The van der Waals surface area contributed by atoms with Crippen molar-refractivity contribution in [2.24, 2.45) is 5.92 Å². The van der Waals surface area contributed by atoms with Crippen molar-refractivity contribution >= 4 is 16.5 Å². The van der Waals surface area contributed by atoms with Gasteiger partial charge in [-0.2, -0.15) is 0 Å². The van der Waals surface area contributed by atoms with Gasteiger partial charge in [-0.25, -0.2) is 4.39 Å². The monoisotopic (exact) mass is 243 g/mol. The zero-order valence-corrected chi connectivity index (χ0v) is 10.7. The lowest BCUT2D eigenvalue weighted by Gasteiger charge is -2.15. The minimum Gasteiger partial charge on any atom is -0.398 e. The fourth-order valence-corrected chi connectivity index (χ4v) is 2.72. The molecule has 0 heterocycles. The van der Waals surface area contributed by atoms with Crippen LogP contribution in [-0.4, -0.2) is 9.46 Å². The van der Waals surface area contributed by atoms with Crippen molar-refractivity contribution in [1.29, 1.82) is 0 Å². The van der Waals surface area contributed by atoms with Crippen molar-refractivity contribution < 1.29 is 8.60 Å². The van der Waals surface area contributed by atoms with Crippen molar-refractivity contribution in [1.82, 2.24) is 0 Å². The van der Waals surface area contributed by atoms with Crippen LogP contribution in [0.25, 0.3) is 0 Å². The third-order valence-electron chi connectivity index (χ3n) is 2.76. The predicted molar refractivity (Wildman–Crippen MR) is 67.0 cm³/mol. The Morgan fingerprint density at radius 1 is 1.38 bits per heavy atom. The largest absolute Gasteiger partial charge is 0.398 e. The van der Waals surface area contributed by atoms with Crippen LogP contribution in [0, 0.1) is 11.7 Å². The smallest absolute Gasteiger partial charge is 0.125 e. The minimum atomic E-state index is -0.965. The molecule has 1 rings (SSSR count). The molecule has 0 aromatic heterocycles. The van der Waals surface area contributed by atoms with Gasteiger partial charge in [-0.15, -0.1) is 0 Å². The molecular formula is C12H18FNOS. The van der Waals surface area contributed by atoms with E-state index in [0.29, 0.717) is 17.4 Å². The highest BCUT2D eigenvalue weighted by Crippen LogP contribution is 2.18. The molecule has 0 saturated heterocycles. The minimum absolute atomic E-state index is 0.115. The Morgan fingerprint density at radius 3 is 2.50 bits per heavy atom. The summed E-state index contributed by atoms with van der Waals surface area (Å²) in [5, 5.41) is 0.115. The fourth-order valence-electron chi connectivity index (χ4n) is 1.29. The van der Waals surface area contributed by atoms with Gasteiger partial charge in [-0.05, 0) is 23.6 Å². The van der Waals surface area contributed by atoms with Crippen LogP contribution in [0.3, 0.4) is 0 Å². The van der Waals surface area contributed by atoms with Crippen molar-refractivity contribution in [3.8, 4) is 0 Å². The second-order valence-corrected chi connectivity index (χ2v) is 6.11. The summed E-state index contributed by atoms with van der Waals surface area (Å²) >= 11 is 0. The topological polar surface area (TPSA) is 43.1 Å². The summed E-state index contributed by atoms with van der Waals surface area (Å²) in [5.74, 6) is 0.400. The van der Waals surface area contributed by atoms with Gasteiger partial charge in [0.15, 0.2) is 0 Å². The van der Waals surface area contributed by atoms with E-state index >= 15 is 0 Å². The molecular weight excluding hydrogens is 225 g/mol. The van der Waals surface area contributed by atoms with Crippen molar-refractivity contribution in [2.45, 2.75) is 31.8 Å². The third-order valence-corrected chi connectivity index (χ3v) is 4.73. The van der Waals surface area contributed by atoms with Gasteiger partial charge < -0.3 is 5.73 Å². The Morgan fingerprint density at radius 2 is 2.00 bits per heavy atom. The molecule has 2 unspecified atom stereocenters. The molecule has 0 spiro atoms. The summed E-state index contributed by atoms with van der Waals surface area (Å²) in [6, 6.07) is 4.23. The second-order valence-electron chi connectivity index (χ2n) is 4.32. The summed E-state index contributed by atoms with van der Waals surface area (Å²) in [6.07, 6.45) is 0. The number of hydrogen-bond donors (Lipinski definition) is 1. The van der Waals surface area contributed by atoms with Crippen LogP contribution < -0.4 is 5.73 Å². The summed E-state index contributed by atoms with van der Waals surface area (Å²) in [7, 11) is -0.965. The lowest BCUT2D eigenvalue weighted by atomic mass is 10.2. The highest BCUT2D eigenvalue weighted by Gasteiger charge is 2.16. The first-order valence-electron chi connectivity index (χ1n) is 5.33. The summed E-state index contributed by atoms with van der Waals surface area (Å²) < 4.78 is 24.8. The van der Waals surface area contributed by atoms with Gasteiger partial charge in [0.25, 0.3) is 0 Å². The summed E-state index contributed by atoms with van der Waals surface area (Å²) in [6.45, 7) is 6.04. The van der Waals surface area contributed by atoms with E-state index in [2.05, 4.69) is 0 Å². The maximum atomic E-state index is 12.8. The Kier molecular flexibility index (Phi) is 4.47. The van der Waals surface area contributed by atoms with Crippen molar-refractivity contribution in [3.63, 3.8) is 0 Å². The van der Waals surface area contributed by atoms with E-state index in [-0.39, 0.29) is 11.1 Å². The predicted octanol–water partition coefficient (Wildman–Crippen LogP) is 2.70. The van der Waals surface area contributed by atoms with Crippen molar-refractivity contribution in [2.75, 3.05) is 5.73 Å². The molecule has 0 radical (unpaired) electrons. The van der Waals surface area contributed by atoms with E-state index in [1.54, 1.807) is 6.07 Å². The summed E-state index contributed by atoms with van der Waals surface area (Å²) in [5.41, 5.74) is 6.81. The molecule has 0 aliphatic rings. The van der Waals surface area contributed by atoms with Crippen LogP contribution in [0.15, 0.2) is 18.2 Å². The molecule has 1 aromatic rings. The maximum Gasteiger partial charge on any atom is 0.125 e. The van der Waals surface area contributed by atoms with Crippen LogP contribution in [0.5, 0.6) is 0 Å². The zero-order valence-electron chi connectivity index (χ0n) is 9.87. The van der Waals surface area contributed by atoms with Crippen LogP contribution >= 0.6 is 0 Å². The molecule has 2 nitrogen and oxygen atoms in total. The molecule has 0 aliphatic heterocycles. The van der Waals surface area contributed by atoms with Crippen molar-refractivity contribution in [3.05, 3.63) is 29.6 Å². The van der Waals surface area contributed by atoms with E-state index < -0.39 is 10.8 Å². The third kappa shape index (κ3) is 3.30. The molecule has 0 fully saturated rings. The molecule has 16 heavy (non-hydrogen) atoms. The number of nitrogen functional groups attached to an aromatic ring is 1. The first-order valence-corrected chi connectivity index (χ1v) is 6.71. The van der Waals surface area contributed by atoms with Gasteiger partial charge in [0.2, 0.25) is 0 Å². The van der Waals surface area contributed by atoms with E-state index in [9.17, 15) is 8.60 Å². The molecule has 2 N–H and O–H groups in total. The molecule has 4 heteroatoms. The van der Waals surface area contributed by atoms with E-state index in [4.69, 9.17) is 5.73 Å². The van der Waals surface area contributed by atoms with Gasteiger partial charge in [-0.1, -0.05) is 26.8 Å². The zero-order chi connectivity index (χ0) is 12.3.